The molecule has 12 nitrogen and oxygen atoms in total. The third kappa shape index (κ3) is 8.31. The highest BCUT2D eigenvalue weighted by Gasteiger charge is 2.26. The minimum Gasteiger partial charge on any atom is -0.371 e. The van der Waals surface area contributed by atoms with E-state index in [1.807, 2.05) is 74.6 Å². The van der Waals surface area contributed by atoms with Crippen LogP contribution in [-0.2, 0) is 11.3 Å². The molecule has 0 aliphatic carbocycles. The zero-order valence-corrected chi connectivity index (χ0v) is 29.6. The Labute approximate surface area is 307 Å². The normalized spacial score (nSPS) is 15.0. The molecule has 0 saturated carbocycles. The van der Waals surface area contributed by atoms with Crippen LogP contribution in [0.25, 0.3) is 11.3 Å². The first-order valence-electron chi connectivity index (χ1n) is 17.6. The molecule has 3 N–H and O–H groups in total. The van der Waals surface area contributed by atoms with Gasteiger partial charge in [0.2, 0.25) is 11.9 Å². The van der Waals surface area contributed by atoms with Crippen LogP contribution in [-0.4, -0.2) is 70.4 Å². The van der Waals surface area contributed by atoms with Gasteiger partial charge in [0.15, 0.2) is 0 Å². The molecular weight excluding hydrogens is 673 g/mol. The number of imide groups is 1. The van der Waals surface area contributed by atoms with E-state index in [9.17, 15) is 14.4 Å². The number of amides is 4. The van der Waals surface area contributed by atoms with E-state index in [0.29, 0.717) is 35.0 Å². The van der Waals surface area contributed by atoms with Gasteiger partial charge in [0.05, 0.1) is 5.69 Å². The average Bonchev–Trinajstić information content (AvgIpc) is 3.17. The summed E-state index contributed by atoms with van der Waals surface area (Å²) in [5.41, 5.74) is 6.62. The maximum absolute atomic E-state index is 15.1. The summed E-state index contributed by atoms with van der Waals surface area (Å²) in [6.07, 6.45) is 7.16. The summed E-state index contributed by atoms with van der Waals surface area (Å²) >= 11 is 0. The molecule has 270 valence electrons. The molecule has 7 rings (SSSR count). The lowest BCUT2D eigenvalue weighted by molar-refractivity contribution is -0.120. The number of carbonyl (C=O) groups is 3. The lowest BCUT2D eigenvalue weighted by atomic mass is 10.0. The van der Waals surface area contributed by atoms with Crippen LogP contribution < -0.4 is 25.8 Å². The average molecular weight is 714 g/mol. The number of benzene rings is 3. The van der Waals surface area contributed by atoms with Crippen molar-refractivity contribution in [3.63, 3.8) is 0 Å². The Bertz CT molecular complexity index is 2120. The summed E-state index contributed by atoms with van der Waals surface area (Å²) in [6, 6.07) is 23.5. The summed E-state index contributed by atoms with van der Waals surface area (Å²) in [4.78, 5) is 55.9. The van der Waals surface area contributed by atoms with Crippen molar-refractivity contribution >= 4 is 46.5 Å². The second kappa shape index (κ2) is 15.6. The van der Waals surface area contributed by atoms with Gasteiger partial charge in [-0.15, -0.1) is 0 Å². The number of carbonyl (C=O) groups excluding carboxylic acids is 3. The molecule has 4 amide bonds. The Hall–Kier alpha value is -6.21. The van der Waals surface area contributed by atoms with Crippen molar-refractivity contribution in [1.29, 1.82) is 0 Å². The maximum atomic E-state index is 15.1. The molecule has 0 bridgehead atoms. The van der Waals surface area contributed by atoms with Crippen LogP contribution >= 0.6 is 0 Å². The van der Waals surface area contributed by atoms with Gasteiger partial charge in [-0.05, 0) is 99.1 Å². The van der Waals surface area contributed by atoms with Gasteiger partial charge in [-0.25, -0.2) is 19.2 Å². The number of rotatable bonds is 10. The van der Waals surface area contributed by atoms with Crippen LogP contribution in [0, 0.1) is 12.7 Å². The molecule has 13 heteroatoms. The van der Waals surface area contributed by atoms with Crippen LogP contribution in [0.15, 0.2) is 97.5 Å². The summed E-state index contributed by atoms with van der Waals surface area (Å²) in [7, 11) is 2.01. The highest BCUT2D eigenvalue weighted by molar-refractivity contribution is 6.06. The van der Waals surface area contributed by atoms with Gasteiger partial charge in [-0.1, -0.05) is 12.1 Å². The van der Waals surface area contributed by atoms with E-state index in [1.54, 1.807) is 30.7 Å². The van der Waals surface area contributed by atoms with Crippen molar-refractivity contribution in [3.8, 4) is 11.3 Å². The van der Waals surface area contributed by atoms with Gasteiger partial charge >= 0.3 is 6.03 Å². The van der Waals surface area contributed by atoms with Crippen LogP contribution in [0.3, 0.4) is 0 Å². The van der Waals surface area contributed by atoms with Crippen molar-refractivity contribution in [1.82, 2.24) is 25.2 Å². The Morgan fingerprint density at radius 1 is 0.962 bits per heavy atom. The summed E-state index contributed by atoms with van der Waals surface area (Å²) < 4.78 is 15.1. The number of urea groups is 1. The Morgan fingerprint density at radius 3 is 2.49 bits per heavy atom. The summed E-state index contributed by atoms with van der Waals surface area (Å²) in [5, 5.41) is 8.56. The second-order valence-electron chi connectivity index (χ2n) is 13.3. The number of aryl methyl sites for hydroxylation is 1. The van der Waals surface area contributed by atoms with Crippen LogP contribution in [0.2, 0.25) is 0 Å². The number of aromatic nitrogens is 3. The first-order valence-corrected chi connectivity index (χ1v) is 17.6. The topological polar surface area (TPSA) is 136 Å². The Morgan fingerprint density at radius 2 is 1.75 bits per heavy atom. The highest BCUT2D eigenvalue weighted by Crippen LogP contribution is 2.28. The summed E-state index contributed by atoms with van der Waals surface area (Å²) in [5.74, 6) is -0.473. The lowest BCUT2D eigenvalue weighted by Crippen LogP contribution is -2.49. The van der Waals surface area contributed by atoms with Crippen LogP contribution in [0.4, 0.5) is 37.9 Å². The lowest BCUT2D eigenvalue weighted by Gasteiger charge is -2.38. The fourth-order valence-electron chi connectivity index (χ4n) is 6.68. The number of nitrogens with one attached hydrogen (secondary N) is 3. The van der Waals surface area contributed by atoms with Gasteiger partial charge in [0.25, 0.3) is 5.91 Å². The monoisotopic (exact) mass is 713 g/mol. The SMILES string of the molecule is Cc1ccc(NC(=O)c2ccc(N3CCC(N(C)Cc4ccc(N5CCC(=O)NC5=O)cc4F)CC3)cc2)cc1Nc1nccc(-c2cccnc2)n1. The molecule has 0 atom stereocenters. The van der Waals surface area contributed by atoms with Crippen molar-refractivity contribution in [3.05, 3.63) is 120 Å². The molecule has 2 fully saturated rings. The van der Waals surface area contributed by atoms with Crippen molar-refractivity contribution in [2.24, 2.45) is 0 Å². The molecule has 53 heavy (non-hydrogen) atoms. The van der Waals surface area contributed by atoms with Crippen LogP contribution in [0.5, 0.6) is 0 Å². The molecule has 0 unspecified atom stereocenters. The fraction of sp³-hybridized carbons (Fsp3) is 0.250. The van der Waals surface area contributed by atoms with Gasteiger partial charge in [0, 0.05) is 96.7 Å². The van der Waals surface area contributed by atoms with Crippen molar-refractivity contribution in [2.45, 2.75) is 38.8 Å². The quantitative estimate of drug-likeness (QED) is 0.148. The maximum Gasteiger partial charge on any atom is 0.328 e. The number of pyridine rings is 1. The van der Waals surface area contributed by atoms with Gasteiger partial charge in [-0.2, -0.15) is 0 Å². The molecule has 2 aromatic heterocycles. The van der Waals surface area contributed by atoms with Crippen molar-refractivity contribution in [2.75, 3.05) is 47.1 Å². The molecule has 4 heterocycles. The third-order valence-corrected chi connectivity index (χ3v) is 9.76. The van der Waals surface area contributed by atoms with E-state index in [2.05, 4.69) is 40.7 Å². The first kappa shape index (κ1) is 35.2. The smallest absolute Gasteiger partial charge is 0.328 e. The fourth-order valence-corrected chi connectivity index (χ4v) is 6.68. The molecule has 2 saturated heterocycles. The molecule has 5 aromatic rings. The molecular formula is C40H40FN9O3. The van der Waals surface area contributed by atoms with E-state index in [-0.39, 0.29) is 36.6 Å². The predicted molar refractivity (Wildman–Crippen MR) is 203 cm³/mol. The third-order valence-electron chi connectivity index (χ3n) is 9.76. The number of hydrogen-bond donors (Lipinski definition) is 3. The van der Waals surface area contributed by atoms with Crippen molar-refractivity contribution < 1.29 is 18.8 Å². The highest BCUT2D eigenvalue weighted by atomic mass is 19.1. The zero-order valence-electron chi connectivity index (χ0n) is 29.6. The largest absolute Gasteiger partial charge is 0.371 e. The Balaban J connectivity index is 0.912. The zero-order chi connectivity index (χ0) is 36.9. The molecule has 3 aromatic carbocycles. The first-order chi connectivity index (χ1) is 25.7. The number of anilines is 5. The van der Waals surface area contributed by atoms with E-state index in [4.69, 9.17) is 0 Å². The number of nitrogens with zero attached hydrogens (tertiary/aromatic N) is 6. The van der Waals surface area contributed by atoms with E-state index < -0.39 is 6.03 Å². The van der Waals surface area contributed by atoms with E-state index in [0.717, 1.165) is 54.1 Å². The second-order valence-corrected chi connectivity index (χ2v) is 13.3. The predicted octanol–water partition coefficient (Wildman–Crippen LogP) is 6.53. The standard InChI is InChI=1S/C40H40FN9O3/c1-26-5-9-30(22-36(26)46-39-43-18-13-35(45-39)28-4-3-17-42-24-28)44-38(52)27-6-10-32(11-7-27)49-19-14-31(15-20-49)48(2)25-29-8-12-33(23-34(29)41)50-21-16-37(51)47-40(50)53/h3-13,17-18,22-24,31H,14-16,19-21,25H2,1-2H3,(H,44,52)(H,43,45,46)(H,47,51,53). The molecule has 2 aliphatic rings. The number of halogens is 1. The molecule has 0 spiro atoms. The van der Waals surface area contributed by atoms with E-state index >= 15 is 4.39 Å². The molecule has 0 radical (unpaired) electrons. The van der Waals surface area contributed by atoms with Gasteiger partial charge in [-0.3, -0.25) is 29.7 Å². The van der Waals surface area contributed by atoms with Gasteiger partial charge in [0.1, 0.15) is 5.82 Å². The number of piperidine rings is 1. The summed E-state index contributed by atoms with van der Waals surface area (Å²) in [6.45, 7) is 4.31. The minimum atomic E-state index is -0.531. The Kier molecular flexibility index (Phi) is 10.3. The minimum absolute atomic E-state index is 0.186. The van der Waals surface area contributed by atoms with Gasteiger partial charge < -0.3 is 15.5 Å². The van der Waals surface area contributed by atoms with E-state index in [1.165, 1.54) is 11.0 Å². The number of hydrogen-bond acceptors (Lipinski definition) is 9. The van der Waals surface area contributed by atoms with Crippen LogP contribution in [0.1, 0.15) is 40.7 Å². The molecule has 2 aliphatic heterocycles.